The Morgan fingerprint density at radius 2 is 2.06 bits per heavy atom. The number of carbonyl (C=O) groups is 1. The van der Waals surface area contributed by atoms with E-state index in [4.69, 9.17) is 22.3 Å². The van der Waals surface area contributed by atoms with Gasteiger partial charge in [-0.25, -0.2) is 13.9 Å². The normalized spacial score (nSPS) is 10.9. The average molecular weight is 288 g/mol. The summed E-state index contributed by atoms with van der Waals surface area (Å²) in [5, 5.41) is -0.155. The van der Waals surface area contributed by atoms with Crippen molar-refractivity contribution in [2.75, 3.05) is 0 Å². The Hall–Kier alpha value is -1.05. The summed E-state index contributed by atoms with van der Waals surface area (Å²) in [5.41, 5.74) is 0. The van der Waals surface area contributed by atoms with Crippen molar-refractivity contribution in [3.8, 4) is 5.75 Å². The van der Waals surface area contributed by atoms with Crippen molar-refractivity contribution in [3.63, 3.8) is 0 Å². The minimum absolute atomic E-state index is 0.155. The van der Waals surface area contributed by atoms with Crippen LogP contribution in [0.25, 0.3) is 0 Å². The Labute approximate surface area is 99.7 Å². The first-order valence-electron chi connectivity index (χ1n) is 3.67. The van der Waals surface area contributed by atoms with Crippen LogP contribution >= 0.6 is 22.3 Å². The first kappa shape index (κ1) is 13.0. The molecule has 1 amide bonds. The Morgan fingerprint density at radius 3 is 2.56 bits per heavy atom. The summed E-state index contributed by atoms with van der Waals surface area (Å²) in [6.45, 7) is 0. The molecule has 88 valence electrons. The maximum Gasteiger partial charge on any atom is 0.427 e. The van der Waals surface area contributed by atoms with Gasteiger partial charge in [0.1, 0.15) is 11.6 Å². The molecule has 1 N–H and O–H groups in total. The van der Waals surface area contributed by atoms with Crippen molar-refractivity contribution in [3.05, 3.63) is 29.0 Å². The van der Waals surface area contributed by atoms with E-state index in [1.165, 1.54) is 10.8 Å². The summed E-state index contributed by atoms with van der Waals surface area (Å²) >= 11 is 5.38. The van der Waals surface area contributed by atoms with Crippen LogP contribution in [0, 0.1) is 5.82 Å². The molecule has 1 rings (SSSR count). The number of benzene rings is 1. The van der Waals surface area contributed by atoms with Crippen LogP contribution in [-0.2, 0) is 9.24 Å². The molecule has 9 heteroatoms. The molecule has 16 heavy (non-hydrogen) atoms. The standard InChI is InChI=1S/C7H4Cl2FNO4S/c8-5-2-1-4(3-6(5)10)15-7(12)11-16(9,13)14/h1-3H,(H,11,12). The molecule has 0 heterocycles. The maximum atomic E-state index is 12.9. The van der Waals surface area contributed by atoms with Crippen LogP contribution in [0.2, 0.25) is 5.02 Å². The molecule has 0 aliphatic heterocycles. The van der Waals surface area contributed by atoms with Crippen LogP contribution in [0.3, 0.4) is 0 Å². The Morgan fingerprint density at radius 1 is 1.44 bits per heavy atom. The third-order valence-electron chi connectivity index (χ3n) is 1.31. The third kappa shape index (κ3) is 4.21. The van der Waals surface area contributed by atoms with Crippen LogP contribution in [0.4, 0.5) is 9.18 Å². The minimum Gasteiger partial charge on any atom is -0.410 e. The predicted molar refractivity (Wildman–Crippen MR) is 55.3 cm³/mol. The van der Waals surface area contributed by atoms with Crippen LogP contribution < -0.4 is 9.46 Å². The fraction of sp³-hybridized carbons (Fsp3) is 0. The second-order valence-electron chi connectivity index (χ2n) is 2.51. The molecule has 0 aliphatic carbocycles. The molecule has 0 radical (unpaired) electrons. The number of rotatable bonds is 2. The summed E-state index contributed by atoms with van der Waals surface area (Å²) in [6.07, 6.45) is -1.35. The molecule has 0 aromatic heterocycles. The Kier molecular flexibility index (Phi) is 3.95. The Bertz CT molecular complexity index is 519. The molecule has 0 atom stereocenters. The van der Waals surface area contributed by atoms with E-state index < -0.39 is 21.1 Å². The number of hydrogen-bond acceptors (Lipinski definition) is 4. The lowest BCUT2D eigenvalue weighted by Crippen LogP contribution is -2.29. The third-order valence-corrected chi connectivity index (χ3v) is 2.26. The van der Waals surface area contributed by atoms with E-state index >= 15 is 0 Å². The van der Waals surface area contributed by atoms with Crippen LogP contribution in [0.15, 0.2) is 18.2 Å². The highest BCUT2D eigenvalue weighted by Gasteiger charge is 2.13. The molecule has 5 nitrogen and oxygen atoms in total. The van der Waals surface area contributed by atoms with Gasteiger partial charge in [-0.15, -0.1) is 0 Å². The molecule has 1 aromatic carbocycles. The van der Waals surface area contributed by atoms with E-state index in [0.717, 1.165) is 12.1 Å². The largest absolute Gasteiger partial charge is 0.427 e. The van der Waals surface area contributed by atoms with Crippen molar-refractivity contribution < 1.29 is 22.3 Å². The molecule has 0 spiro atoms. The van der Waals surface area contributed by atoms with Gasteiger partial charge in [0.25, 0.3) is 0 Å². The smallest absolute Gasteiger partial charge is 0.410 e. The van der Waals surface area contributed by atoms with E-state index in [9.17, 15) is 17.6 Å². The highest BCUT2D eigenvalue weighted by Crippen LogP contribution is 2.20. The molecular weight excluding hydrogens is 284 g/mol. The summed E-state index contributed by atoms with van der Waals surface area (Å²) < 4.78 is 39.4. The zero-order chi connectivity index (χ0) is 12.3. The Balaban J connectivity index is 2.74. The minimum atomic E-state index is -4.23. The van der Waals surface area contributed by atoms with Gasteiger partial charge in [0.05, 0.1) is 5.02 Å². The molecule has 1 aromatic rings. The second-order valence-corrected chi connectivity index (χ2v) is 5.21. The number of nitrogens with one attached hydrogen (secondary N) is 1. The van der Waals surface area contributed by atoms with E-state index in [1.54, 1.807) is 0 Å². The van der Waals surface area contributed by atoms with Gasteiger partial charge < -0.3 is 4.74 Å². The van der Waals surface area contributed by atoms with Gasteiger partial charge in [0, 0.05) is 16.7 Å². The number of halogens is 3. The summed E-state index contributed by atoms with van der Waals surface area (Å²) in [6, 6.07) is 3.16. The molecule has 0 saturated carbocycles. The lowest BCUT2D eigenvalue weighted by atomic mass is 10.3. The average Bonchev–Trinajstić information content (AvgIpc) is 2.08. The van der Waals surface area contributed by atoms with Gasteiger partial charge >= 0.3 is 15.3 Å². The van der Waals surface area contributed by atoms with Gasteiger partial charge in [-0.2, -0.15) is 8.42 Å². The van der Waals surface area contributed by atoms with Crippen LogP contribution in [0.1, 0.15) is 0 Å². The molecule has 0 saturated heterocycles. The van der Waals surface area contributed by atoms with E-state index in [-0.39, 0.29) is 10.8 Å². The van der Waals surface area contributed by atoms with Crippen molar-refractivity contribution >= 4 is 37.6 Å². The first-order chi connectivity index (χ1) is 7.28. The lowest BCUT2D eigenvalue weighted by Gasteiger charge is -2.04. The van der Waals surface area contributed by atoms with Gasteiger partial charge in [-0.05, 0) is 12.1 Å². The maximum absolute atomic E-state index is 12.9. The number of ether oxygens (including phenoxy) is 1. The highest BCUT2D eigenvalue weighted by atomic mass is 35.7. The van der Waals surface area contributed by atoms with Crippen LogP contribution in [-0.4, -0.2) is 14.5 Å². The molecule has 0 unspecified atom stereocenters. The monoisotopic (exact) mass is 287 g/mol. The van der Waals surface area contributed by atoms with Crippen molar-refractivity contribution in [1.82, 2.24) is 4.72 Å². The first-order valence-corrected chi connectivity index (χ1v) is 6.36. The zero-order valence-electron chi connectivity index (χ0n) is 7.41. The van der Waals surface area contributed by atoms with E-state index in [2.05, 4.69) is 4.74 Å². The quantitative estimate of drug-likeness (QED) is 0.845. The SMILES string of the molecule is O=C(NS(=O)(=O)Cl)Oc1ccc(Cl)c(F)c1. The van der Waals surface area contributed by atoms with Crippen molar-refractivity contribution in [1.29, 1.82) is 0 Å². The fourth-order valence-electron chi connectivity index (χ4n) is 0.768. The summed E-state index contributed by atoms with van der Waals surface area (Å²) in [7, 11) is 0.482. The molecular formula is C7H4Cl2FNO4S. The zero-order valence-corrected chi connectivity index (χ0v) is 9.74. The van der Waals surface area contributed by atoms with Gasteiger partial charge in [0.2, 0.25) is 0 Å². The lowest BCUT2D eigenvalue weighted by molar-refractivity contribution is 0.207. The van der Waals surface area contributed by atoms with Crippen molar-refractivity contribution in [2.45, 2.75) is 0 Å². The van der Waals surface area contributed by atoms with Gasteiger partial charge in [0.15, 0.2) is 0 Å². The van der Waals surface area contributed by atoms with E-state index in [1.807, 2.05) is 0 Å². The molecule has 0 aliphatic rings. The van der Waals surface area contributed by atoms with Gasteiger partial charge in [-0.1, -0.05) is 11.6 Å². The fourth-order valence-corrected chi connectivity index (χ4v) is 1.32. The van der Waals surface area contributed by atoms with Crippen LogP contribution in [0.5, 0.6) is 5.75 Å². The number of hydrogen-bond donors (Lipinski definition) is 1. The second kappa shape index (κ2) is 4.86. The summed E-state index contributed by atoms with van der Waals surface area (Å²) in [5.74, 6) is -1.01. The topological polar surface area (TPSA) is 72.5 Å². The molecule has 0 fully saturated rings. The summed E-state index contributed by atoms with van der Waals surface area (Å²) in [4.78, 5) is 10.9. The number of amides is 1. The highest BCUT2D eigenvalue weighted by molar-refractivity contribution is 8.12. The van der Waals surface area contributed by atoms with E-state index in [0.29, 0.717) is 0 Å². The van der Waals surface area contributed by atoms with Gasteiger partial charge in [-0.3, -0.25) is 0 Å². The molecule has 0 bridgehead atoms. The number of carbonyl (C=O) groups excluding carboxylic acids is 1. The van der Waals surface area contributed by atoms with Crippen molar-refractivity contribution in [2.24, 2.45) is 0 Å². The predicted octanol–water partition coefficient (Wildman–Crippen LogP) is 2.05.